The Kier molecular flexibility index (Phi) is 4.74. The highest BCUT2D eigenvalue weighted by Crippen LogP contribution is 2.32. The van der Waals surface area contributed by atoms with E-state index in [2.05, 4.69) is 10.3 Å². The van der Waals surface area contributed by atoms with E-state index in [4.69, 9.17) is 5.73 Å². The third kappa shape index (κ3) is 3.48. The number of anilines is 1. The van der Waals surface area contributed by atoms with Crippen LogP contribution in [0.25, 0.3) is 0 Å². The molecule has 0 aromatic carbocycles. The maximum atomic E-state index is 12.1. The van der Waals surface area contributed by atoms with Gasteiger partial charge in [-0.05, 0) is 25.8 Å². The number of carbonyl (C=O) groups excluding carboxylic acids is 2. The molecule has 2 heterocycles. The number of nitrogens with two attached hydrogens (primary N) is 1. The summed E-state index contributed by atoms with van der Waals surface area (Å²) in [4.78, 5) is 28.9. The molecule has 0 saturated heterocycles. The summed E-state index contributed by atoms with van der Waals surface area (Å²) < 4.78 is 0. The lowest BCUT2D eigenvalue weighted by Gasteiger charge is -2.04. The molecule has 3 N–H and O–H groups in total. The molecule has 21 heavy (non-hydrogen) atoms. The van der Waals surface area contributed by atoms with Gasteiger partial charge < -0.3 is 11.1 Å². The number of aryl methyl sites for hydroxylation is 2. The highest BCUT2D eigenvalue weighted by molar-refractivity contribution is 7.16. The van der Waals surface area contributed by atoms with E-state index >= 15 is 0 Å². The van der Waals surface area contributed by atoms with Crippen LogP contribution in [0.1, 0.15) is 38.4 Å². The monoisotopic (exact) mass is 323 g/mol. The van der Waals surface area contributed by atoms with Gasteiger partial charge in [-0.3, -0.25) is 9.59 Å². The first-order valence-electron chi connectivity index (χ1n) is 6.55. The molecule has 0 bridgehead atoms. The van der Waals surface area contributed by atoms with E-state index in [1.165, 1.54) is 11.3 Å². The van der Waals surface area contributed by atoms with E-state index in [1.54, 1.807) is 11.3 Å². The Morgan fingerprint density at radius 2 is 2.10 bits per heavy atom. The zero-order chi connectivity index (χ0) is 15.6. The van der Waals surface area contributed by atoms with E-state index in [0.29, 0.717) is 10.6 Å². The molecule has 0 radical (unpaired) electrons. The summed E-state index contributed by atoms with van der Waals surface area (Å²) in [6.07, 6.45) is 1.06. The minimum Gasteiger partial charge on any atom is -0.365 e. The molecule has 0 spiro atoms. The van der Waals surface area contributed by atoms with Crippen LogP contribution in [0.5, 0.6) is 0 Å². The highest BCUT2D eigenvalue weighted by atomic mass is 32.1. The van der Waals surface area contributed by atoms with Crippen LogP contribution in [0.15, 0.2) is 5.38 Å². The first-order valence-corrected chi connectivity index (χ1v) is 8.24. The smallest absolute Gasteiger partial charge is 0.251 e. The molecule has 0 atom stereocenters. The third-order valence-electron chi connectivity index (χ3n) is 3.13. The van der Waals surface area contributed by atoms with Gasteiger partial charge in [0.05, 0.1) is 22.7 Å². The Hall–Kier alpha value is -1.73. The maximum absolute atomic E-state index is 12.1. The standard InChI is InChI=1S/C14H17N3O2S2/c1-4-11-16-9(6-20-11)5-10(18)17-14-12(13(15)19)7(2)8(3)21-14/h6H,4-5H2,1-3H3,(H2,15,19)(H,17,18). The Balaban J connectivity index is 2.13. The summed E-state index contributed by atoms with van der Waals surface area (Å²) in [7, 11) is 0. The summed E-state index contributed by atoms with van der Waals surface area (Å²) in [6, 6.07) is 0. The lowest BCUT2D eigenvalue weighted by molar-refractivity contribution is -0.115. The first-order chi connectivity index (χ1) is 9.92. The number of aromatic nitrogens is 1. The van der Waals surface area contributed by atoms with Crippen molar-refractivity contribution in [3.8, 4) is 0 Å². The molecule has 112 valence electrons. The van der Waals surface area contributed by atoms with Gasteiger partial charge in [0.25, 0.3) is 5.91 Å². The molecular formula is C14H17N3O2S2. The van der Waals surface area contributed by atoms with Crippen molar-refractivity contribution in [2.75, 3.05) is 5.32 Å². The van der Waals surface area contributed by atoms with Crippen LogP contribution < -0.4 is 11.1 Å². The Morgan fingerprint density at radius 3 is 2.67 bits per heavy atom. The van der Waals surface area contributed by atoms with Crippen molar-refractivity contribution in [3.05, 3.63) is 32.1 Å². The van der Waals surface area contributed by atoms with Gasteiger partial charge in [0.15, 0.2) is 0 Å². The fraction of sp³-hybridized carbons (Fsp3) is 0.357. The largest absolute Gasteiger partial charge is 0.365 e. The maximum Gasteiger partial charge on any atom is 0.251 e. The zero-order valence-corrected chi connectivity index (χ0v) is 13.8. The average molecular weight is 323 g/mol. The fourth-order valence-corrected chi connectivity index (χ4v) is 3.77. The minimum absolute atomic E-state index is 0.188. The van der Waals surface area contributed by atoms with Crippen molar-refractivity contribution in [1.82, 2.24) is 4.98 Å². The third-order valence-corrected chi connectivity index (χ3v) is 5.29. The number of nitrogens with one attached hydrogen (secondary N) is 1. The van der Waals surface area contributed by atoms with Gasteiger partial charge >= 0.3 is 0 Å². The van der Waals surface area contributed by atoms with Crippen molar-refractivity contribution >= 4 is 39.5 Å². The SMILES string of the molecule is CCc1nc(CC(=O)Nc2sc(C)c(C)c2C(N)=O)cs1. The van der Waals surface area contributed by atoms with Gasteiger partial charge in [-0.2, -0.15) is 0 Å². The summed E-state index contributed by atoms with van der Waals surface area (Å²) in [6.45, 7) is 5.75. The van der Waals surface area contributed by atoms with E-state index in [9.17, 15) is 9.59 Å². The lowest BCUT2D eigenvalue weighted by atomic mass is 10.1. The molecule has 5 nitrogen and oxygen atoms in total. The van der Waals surface area contributed by atoms with Crippen molar-refractivity contribution in [2.45, 2.75) is 33.6 Å². The second-order valence-electron chi connectivity index (χ2n) is 4.66. The van der Waals surface area contributed by atoms with E-state index in [1.807, 2.05) is 26.2 Å². The Labute approximate surface area is 131 Å². The van der Waals surface area contributed by atoms with E-state index in [0.717, 1.165) is 27.6 Å². The number of nitrogens with zero attached hydrogens (tertiary/aromatic N) is 1. The molecule has 7 heteroatoms. The summed E-state index contributed by atoms with van der Waals surface area (Å²) >= 11 is 2.92. The molecule has 0 aliphatic carbocycles. The van der Waals surface area contributed by atoms with E-state index in [-0.39, 0.29) is 12.3 Å². The minimum atomic E-state index is -0.519. The summed E-state index contributed by atoms with van der Waals surface area (Å²) in [5, 5.41) is 6.19. The van der Waals surface area contributed by atoms with Gasteiger partial charge in [0.1, 0.15) is 5.00 Å². The van der Waals surface area contributed by atoms with Gasteiger partial charge in [0, 0.05) is 10.3 Å². The normalized spacial score (nSPS) is 10.6. The molecule has 0 fully saturated rings. The number of thiophene rings is 1. The number of amides is 2. The Bertz CT molecular complexity index is 688. The first kappa shape index (κ1) is 15.7. The Morgan fingerprint density at radius 1 is 1.38 bits per heavy atom. The summed E-state index contributed by atoms with van der Waals surface area (Å²) in [5.41, 5.74) is 7.36. The number of hydrogen-bond donors (Lipinski definition) is 2. The van der Waals surface area contributed by atoms with Crippen molar-refractivity contribution in [3.63, 3.8) is 0 Å². The number of hydrogen-bond acceptors (Lipinski definition) is 5. The van der Waals surface area contributed by atoms with Gasteiger partial charge in [-0.25, -0.2) is 4.98 Å². The second kappa shape index (κ2) is 6.36. The highest BCUT2D eigenvalue weighted by Gasteiger charge is 2.19. The van der Waals surface area contributed by atoms with Gasteiger partial charge in [0.2, 0.25) is 5.91 Å². The van der Waals surface area contributed by atoms with Crippen LogP contribution in [0.3, 0.4) is 0 Å². The average Bonchev–Trinajstić information content (AvgIpc) is 2.95. The van der Waals surface area contributed by atoms with Crippen LogP contribution in [0, 0.1) is 13.8 Å². The lowest BCUT2D eigenvalue weighted by Crippen LogP contribution is -2.18. The van der Waals surface area contributed by atoms with Crippen LogP contribution in [0.4, 0.5) is 5.00 Å². The molecule has 0 aliphatic heterocycles. The molecule has 0 aliphatic rings. The molecule has 2 aromatic rings. The molecular weight excluding hydrogens is 306 g/mol. The molecule has 0 unspecified atom stereocenters. The zero-order valence-electron chi connectivity index (χ0n) is 12.1. The predicted octanol–water partition coefficient (Wildman–Crippen LogP) is 2.66. The van der Waals surface area contributed by atoms with Crippen molar-refractivity contribution in [1.29, 1.82) is 0 Å². The molecule has 2 aromatic heterocycles. The molecule has 2 amide bonds. The summed E-state index contributed by atoms with van der Waals surface area (Å²) in [5.74, 6) is -0.708. The molecule has 2 rings (SSSR count). The van der Waals surface area contributed by atoms with Gasteiger partial charge in [-0.1, -0.05) is 6.92 Å². The molecule has 0 saturated carbocycles. The second-order valence-corrected chi connectivity index (χ2v) is 6.83. The fourth-order valence-electron chi connectivity index (χ4n) is 1.94. The van der Waals surface area contributed by atoms with Crippen LogP contribution in [-0.2, 0) is 17.6 Å². The number of thiazole rings is 1. The van der Waals surface area contributed by atoms with E-state index < -0.39 is 5.91 Å². The van der Waals surface area contributed by atoms with Crippen molar-refractivity contribution < 1.29 is 9.59 Å². The van der Waals surface area contributed by atoms with Crippen LogP contribution >= 0.6 is 22.7 Å². The number of primary amides is 1. The van der Waals surface area contributed by atoms with Gasteiger partial charge in [-0.15, -0.1) is 22.7 Å². The number of carbonyl (C=O) groups is 2. The van der Waals surface area contributed by atoms with Crippen LogP contribution in [0.2, 0.25) is 0 Å². The van der Waals surface area contributed by atoms with Crippen molar-refractivity contribution in [2.24, 2.45) is 5.73 Å². The quantitative estimate of drug-likeness (QED) is 0.887. The topological polar surface area (TPSA) is 85.1 Å². The van der Waals surface area contributed by atoms with Crippen LogP contribution in [-0.4, -0.2) is 16.8 Å². The predicted molar refractivity (Wildman–Crippen MR) is 86.1 cm³/mol. The number of rotatable bonds is 5.